The van der Waals surface area contributed by atoms with E-state index < -0.39 is 0 Å². The lowest BCUT2D eigenvalue weighted by Gasteiger charge is -2.25. The van der Waals surface area contributed by atoms with E-state index in [1.807, 2.05) is 67.2 Å². The molecule has 0 radical (unpaired) electrons. The fraction of sp³-hybridized carbons (Fsp3) is 0.167. The number of nitrogens with two attached hydrogens (primary N) is 1. The first-order valence-corrected chi connectivity index (χ1v) is 10.3. The molecule has 1 atom stereocenters. The van der Waals surface area contributed by atoms with Crippen molar-refractivity contribution in [1.29, 1.82) is 5.26 Å². The fourth-order valence-corrected chi connectivity index (χ4v) is 4.17. The van der Waals surface area contributed by atoms with Gasteiger partial charge in [-0.25, -0.2) is 9.67 Å². The number of fused-ring (bicyclic) bond motifs is 1. The minimum absolute atomic E-state index is 0.117. The van der Waals surface area contributed by atoms with Gasteiger partial charge in [0, 0.05) is 31.3 Å². The van der Waals surface area contributed by atoms with Gasteiger partial charge < -0.3 is 10.5 Å². The molecule has 8 nitrogen and oxygen atoms in total. The summed E-state index contributed by atoms with van der Waals surface area (Å²) in [5.41, 5.74) is 11.0. The molecule has 158 valence electrons. The summed E-state index contributed by atoms with van der Waals surface area (Å²) < 4.78 is 9.43. The Morgan fingerprint density at radius 3 is 2.62 bits per heavy atom. The maximum Gasteiger partial charge on any atom is 0.224 e. The molecule has 2 N–H and O–H groups in total. The molecule has 1 aromatic carbocycles. The summed E-state index contributed by atoms with van der Waals surface area (Å²) in [7, 11) is 1.82. The van der Waals surface area contributed by atoms with Crippen molar-refractivity contribution in [2.75, 3.05) is 0 Å². The first kappa shape index (κ1) is 19.6. The molecule has 0 aliphatic carbocycles. The zero-order chi connectivity index (χ0) is 22.2. The molecule has 5 rings (SSSR count). The third-order valence-electron chi connectivity index (χ3n) is 5.65. The second-order valence-corrected chi connectivity index (χ2v) is 7.49. The molecule has 4 aromatic rings. The fourth-order valence-electron chi connectivity index (χ4n) is 4.17. The Morgan fingerprint density at radius 2 is 1.94 bits per heavy atom. The number of benzene rings is 1. The number of nitriles is 1. The molecular weight excluding hydrogens is 402 g/mol. The Labute approximate surface area is 185 Å². The molecular formula is C24H21N7O. The van der Waals surface area contributed by atoms with Gasteiger partial charge in [-0.2, -0.15) is 10.4 Å². The maximum absolute atomic E-state index is 9.84. The number of hydrogen-bond acceptors (Lipinski definition) is 6. The van der Waals surface area contributed by atoms with Crippen LogP contribution in [0, 0.1) is 11.3 Å². The van der Waals surface area contributed by atoms with Crippen molar-refractivity contribution >= 4 is 0 Å². The summed E-state index contributed by atoms with van der Waals surface area (Å²) in [6.45, 7) is 2.04. The zero-order valence-corrected chi connectivity index (χ0v) is 17.7. The van der Waals surface area contributed by atoms with E-state index in [9.17, 15) is 5.26 Å². The van der Waals surface area contributed by atoms with Crippen molar-refractivity contribution in [2.45, 2.75) is 19.3 Å². The predicted octanol–water partition coefficient (Wildman–Crippen LogP) is 3.45. The molecule has 0 saturated heterocycles. The van der Waals surface area contributed by atoms with Gasteiger partial charge in [-0.3, -0.25) is 9.55 Å². The van der Waals surface area contributed by atoms with Crippen LogP contribution in [0.1, 0.15) is 29.7 Å². The van der Waals surface area contributed by atoms with Crippen LogP contribution in [0.25, 0.3) is 17.2 Å². The summed E-state index contributed by atoms with van der Waals surface area (Å²) >= 11 is 0. The van der Waals surface area contributed by atoms with Gasteiger partial charge in [0.2, 0.25) is 11.8 Å². The number of nitrogens with zero attached hydrogens (tertiary/aromatic N) is 6. The quantitative estimate of drug-likeness (QED) is 0.539. The van der Waals surface area contributed by atoms with E-state index in [1.54, 1.807) is 17.1 Å². The molecule has 1 unspecified atom stereocenters. The van der Waals surface area contributed by atoms with E-state index in [-0.39, 0.29) is 11.8 Å². The van der Waals surface area contributed by atoms with Crippen LogP contribution in [0.2, 0.25) is 0 Å². The third-order valence-corrected chi connectivity index (χ3v) is 5.65. The lowest BCUT2D eigenvalue weighted by Crippen LogP contribution is -2.22. The van der Waals surface area contributed by atoms with E-state index >= 15 is 0 Å². The first-order valence-electron chi connectivity index (χ1n) is 10.3. The second-order valence-electron chi connectivity index (χ2n) is 7.49. The van der Waals surface area contributed by atoms with E-state index in [0.29, 0.717) is 11.5 Å². The molecule has 0 fully saturated rings. The Morgan fingerprint density at radius 1 is 1.12 bits per heavy atom. The highest BCUT2D eigenvalue weighted by Gasteiger charge is 2.35. The average Bonchev–Trinajstić information content (AvgIpc) is 3.44. The van der Waals surface area contributed by atoms with E-state index in [4.69, 9.17) is 10.5 Å². The van der Waals surface area contributed by atoms with Crippen molar-refractivity contribution in [3.8, 4) is 29.2 Å². The molecule has 4 heterocycles. The highest BCUT2D eigenvalue weighted by atomic mass is 16.5. The molecule has 32 heavy (non-hydrogen) atoms. The topological polar surface area (TPSA) is 108 Å². The first-order chi connectivity index (χ1) is 15.6. The summed E-state index contributed by atoms with van der Waals surface area (Å²) in [6.07, 6.45) is 6.13. The molecule has 3 aromatic heterocycles. The van der Waals surface area contributed by atoms with Crippen LogP contribution in [0.4, 0.5) is 0 Å². The number of imidazole rings is 1. The van der Waals surface area contributed by atoms with Crippen LogP contribution in [0.3, 0.4) is 0 Å². The Hall–Kier alpha value is -4.38. The largest absolute Gasteiger partial charge is 0.422 e. The van der Waals surface area contributed by atoms with Gasteiger partial charge in [0.1, 0.15) is 17.3 Å². The SMILES string of the molecule is CCc1nn(C)c2c1C(c1ccc(-n3ccnc3-c3ccccn3)cc1)C(C#N)=C(N)O2. The van der Waals surface area contributed by atoms with Gasteiger partial charge in [-0.1, -0.05) is 25.1 Å². The van der Waals surface area contributed by atoms with Crippen molar-refractivity contribution in [3.05, 3.63) is 89.3 Å². The number of allylic oxidation sites excluding steroid dienone is 1. The lowest BCUT2D eigenvalue weighted by atomic mass is 9.83. The Bertz CT molecular complexity index is 1360. The second kappa shape index (κ2) is 7.71. The minimum atomic E-state index is -0.334. The number of aromatic nitrogens is 5. The molecule has 1 aliphatic heterocycles. The molecule has 0 spiro atoms. The van der Waals surface area contributed by atoms with Crippen LogP contribution in [0.15, 0.2) is 72.5 Å². The van der Waals surface area contributed by atoms with Crippen LogP contribution in [0.5, 0.6) is 5.88 Å². The van der Waals surface area contributed by atoms with Gasteiger partial charge in [-0.15, -0.1) is 0 Å². The highest BCUT2D eigenvalue weighted by Crippen LogP contribution is 2.44. The standard InChI is InChI=1S/C24H21N7O/c1-3-18-21-20(17(14-25)22(26)32-24(21)30(2)29-18)15-7-9-16(10-8-15)31-13-12-28-23(31)19-6-4-5-11-27-19/h4-13,20H,3,26H2,1-2H3. The minimum Gasteiger partial charge on any atom is -0.422 e. The number of aryl methyl sites for hydroxylation is 2. The Balaban J connectivity index is 1.59. The van der Waals surface area contributed by atoms with E-state index in [0.717, 1.165) is 40.4 Å². The van der Waals surface area contributed by atoms with Crippen LogP contribution in [-0.2, 0) is 13.5 Å². The summed E-state index contributed by atoms with van der Waals surface area (Å²) in [5.74, 6) is 1.12. The van der Waals surface area contributed by atoms with Crippen molar-refractivity contribution in [2.24, 2.45) is 12.8 Å². The molecule has 8 heteroatoms. The Kier molecular flexibility index (Phi) is 4.71. The van der Waals surface area contributed by atoms with Crippen molar-refractivity contribution < 1.29 is 4.74 Å². The molecule has 0 amide bonds. The lowest BCUT2D eigenvalue weighted by molar-refractivity contribution is 0.358. The average molecular weight is 423 g/mol. The van der Waals surface area contributed by atoms with Crippen molar-refractivity contribution in [3.63, 3.8) is 0 Å². The number of pyridine rings is 1. The van der Waals surface area contributed by atoms with Crippen LogP contribution < -0.4 is 10.5 Å². The number of hydrogen-bond donors (Lipinski definition) is 1. The van der Waals surface area contributed by atoms with Gasteiger partial charge in [0.25, 0.3) is 0 Å². The zero-order valence-electron chi connectivity index (χ0n) is 17.7. The smallest absolute Gasteiger partial charge is 0.224 e. The predicted molar refractivity (Wildman–Crippen MR) is 119 cm³/mol. The summed E-state index contributed by atoms with van der Waals surface area (Å²) in [4.78, 5) is 8.88. The molecule has 0 saturated carbocycles. The highest BCUT2D eigenvalue weighted by molar-refractivity contribution is 5.58. The van der Waals surface area contributed by atoms with Crippen molar-refractivity contribution in [1.82, 2.24) is 24.3 Å². The number of rotatable bonds is 4. The normalized spacial score (nSPS) is 15.2. The monoisotopic (exact) mass is 423 g/mol. The summed E-state index contributed by atoms with van der Waals surface area (Å²) in [6, 6.07) is 16.0. The van der Waals surface area contributed by atoms with E-state index in [1.165, 1.54) is 0 Å². The van der Waals surface area contributed by atoms with Gasteiger partial charge in [0.15, 0.2) is 5.82 Å². The summed E-state index contributed by atoms with van der Waals surface area (Å²) in [5, 5.41) is 14.4. The molecule has 1 aliphatic rings. The third kappa shape index (κ3) is 3.03. The van der Waals surface area contributed by atoms with Crippen LogP contribution in [-0.4, -0.2) is 24.3 Å². The van der Waals surface area contributed by atoms with Gasteiger partial charge >= 0.3 is 0 Å². The molecule has 0 bridgehead atoms. The maximum atomic E-state index is 9.84. The number of ether oxygens (including phenoxy) is 1. The van der Waals surface area contributed by atoms with E-state index in [2.05, 4.69) is 21.1 Å². The van der Waals surface area contributed by atoms with Gasteiger partial charge in [-0.05, 0) is 36.2 Å². The van der Waals surface area contributed by atoms with Gasteiger partial charge in [0.05, 0.1) is 17.2 Å². The van der Waals surface area contributed by atoms with Crippen LogP contribution >= 0.6 is 0 Å².